The summed E-state index contributed by atoms with van der Waals surface area (Å²) in [6.45, 7) is 2.79. The van der Waals surface area contributed by atoms with Crippen molar-refractivity contribution >= 4 is 16.0 Å². The first kappa shape index (κ1) is 25.5. The number of aliphatic carboxylic acids is 1. The van der Waals surface area contributed by atoms with E-state index in [1.54, 1.807) is 12.1 Å². The molecule has 1 aromatic carbocycles. The molecule has 0 amide bonds. The summed E-state index contributed by atoms with van der Waals surface area (Å²) in [7, 11) is -3.19. The molecule has 176 valence electrons. The average Bonchev–Trinajstić information content (AvgIpc) is 3.01. The number of carbonyl (C=O) groups is 1. The number of carboxylic acid groups (broad SMARTS) is 1. The SMILES string of the molecule is CS(=O)(=O)NC[C@@H]1CCC[C@]2(CCN(Cc3cccc(F)c3)C2)O1.O=C(O)C(F)(F)F. The number of rotatable bonds is 5. The second kappa shape index (κ2) is 10.2. The molecule has 0 unspecified atom stereocenters. The molecule has 3 rings (SSSR count). The van der Waals surface area contributed by atoms with Crippen molar-refractivity contribution in [3.8, 4) is 0 Å². The van der Waals surface area contributed by atoms with Gasteiger partial charge in [0.1, 0.15) is 5.82 Å². The number of nitrogens with one attached hydrogen (secondary N) is 1. The summed E-state index contributed by atoms with van der Waals surface area (Å²) in [4.78, 5) is 11.2. The van der Waals surface area contributed by atoms with E-state index < -0.39 is 22.2 Å². The fourth-order valence-corrected chi connectivity index (χ4v) is 4.26. The largest absolute Gasteiger partial charge is 0.490 e. The molecule has 2 aliphatic rings. The number of hydrogen-bond acceptors (Lipinski definition) is 5. The Morgan fingerprint density at radius 3 is 2.61 bits per heavy atom. The van der Waals surface area contributed by atoms with E-state index >= 15 is 0 Å². The van der Waals surface area contributed by atoms with E-state index in [1.807, 2.05) is 6.07 Å². The molecule has 0 saturated carbocycles. The Labute approximate surface area is 178 Å². The van der Waals surface area contributed by atoms with Crippen molar-refractivity contribution in [1.29, 1.82) is 0 Å². The molecule has 0 radical (unpaired) electrons. The molecular weight excluding hydrogens is 444 g/mol. The molecule has 7 nitrogen and oxygen atoms in total. The maximum atomic E-state index is 13.3. The Balaban J connectivity index is 0.000000423. The molecule has 12 heteroatoms. The Morgan fingerprint density at radius 1 is 1.35 bits per heavy atom. The minimum absolute atomic E-state index is 0.0670. The lowest BCUT2D eigenvalue weighted by molar-refractivity contribution is -0.192. The molecule has 2 atom stereocenters. The summed E-state index contributed by atoms with van der Waals surface area (Å²) in [5.41, 5.74) is 0.785. The van der Waals surface area contributed by atoms with Gasteiger partial charge in [0.2, 0.25) is 10.0 Å². The number of benzene rings is 1. The number of hydrogen-bond donors (Lipinski definition) is 2. The van der Waals surface area contributed by atoms with Crippen LogP contribution in [0.5, 0.6) is 0 Å². The van der Waals surface area contributed by atoms with Gasteiger partial charge in [0.25, 0.3) is 0 Å². The van der Waals surface area contributed by atoms with Gasteiger partial charge < -0.3 is 9.84 Å². The van der Waals surface area contributed by atoms with E-state index in [0.717, 1.165) is 50.9 Å². The van der Waals surface area contributed by atoms with Crippen molar-refractivity contribution in [3.63, 3.8) is 0 Å². The summed E-state index contributed by atoms with van der Waals surface area (Å²) in [6.07, 6.45) is -0.109. The van der Waals surface area contributed by atoms with Crippen LogP contribution in [0, 0.1) is 5.82 Å². The highest BCUT2D eigenvalue weighted by Crippen LogP contribution is 2.37. The number of ether oxygens (including phenoxy) is 1. The van der Waals surface area contributed by atoms with Crippen LogP contribution in [0.3, 0.4) is 0 Å². The van der Waals surface area contributed by atoms with E-state index in [1.165, 1.54) is 12.3 Å². The van der Waals surface area contributed by atoms with E-state index in [2.05, 4.69) is 9.62 Å². The lowest BCUT2D eigenvalue weighted by atomic mass is 9.90. The topological polar surface area (TPSA) is 95.9 Å². The molecule has 2 saturated heterocycles. The van der Waals surface area contributed by atoms with Crippen LogP contribution < -0.4 is 4.72 Å². The summed E-state index contributed by atoms with van der Waals surface area (Å²) in [6, 6.07) is 6.71. The molecule has 2 aliphatic heterocycles. The van der Waals surface area contributed by atoms with Gasteiger partial charge in [0, 0.05) is 26.2 Å². The van der Waals surface area contributed by atoms with Crippen molar-refractivity contribution < 1.29 is 40.6 Å². The van der Waals surface area contributed by atoms with Crippen LogP contribution in [0.4, 0.5) is 17.6 Å². The van der Waals surface area contributed by atoms with E-state index in [4.69, 9.17) is 14.6 Å². The lowest BCUT2D eigenvalue weighted by Crippen LogP contribution is -2.46. The van der Waals surface area contributed by atoms with Crippen LogP contribution in [0.1, 0.15) is 31.2 Å². The monoisotopic (exact) mass is 470 g/mol. The zero-order valence-corrected chi connectivity index (χ0v) is 17.8. The van der Waals surface area contributed by atoms with E-state index in [0.29, 0.717) is 6.54 Å². The first-order valence-electron chi connectivity index (χ1n) is 9.67. The smallest absolute Gasteiger partial charge is 0.475 e. The predicted molar refractivity (Wildman–Crippen MR) is 104 cm³/mol. The van der Waals surface area contributed by atoms with Gasteiger partial charge in [-0.3, -0.25) is 4.90 Å². The third-order valence-corrected chi connectivity index (χ3v) is 5.77. The summed E-state index contributed by atoms with van der Waals surface area (Å²) >= 11 is 0. The molecule has 0 aromatic heterocycles. The van der Waals surface area contributed by atoms with Crippen LogP contribution in [0.25, 0.3) is 0 Å². The highest BCUT2D eigenvalue weighted by Gasteiger charge is 2.43. The van der Waals surface area contributed by atoms with Crippen LogP contribution in [-0.4, -0.2) is 68.2 Å². The van der Waals surface area contributed by atoms with Gasteiger partial charge >= 0.3 is 12.1 Å². The first-order valence-corrected chi connectivity index (χ1v) is 11.6. The van der Waals surface area contributed by atoms with Crippen molar-refractivity contribution in [2.75, 3.05) is 25.9 Å². The number of carboxylic acids is 1. The normalized spacial score (nSPS) is 24.6. The minimum Gasteiger partial charge on any atom is -0.475 e. The Bertz CT molecular complexity index is 865. The third-order valence-electron chi connectivity index (χ3n) is 5.08. The molecule has 0 aliphatic carbocycles. The van der Waals surface area contributed by atoms with E-state index in [9.17, 15) is 26.0 Å². The third kappa shape index (κ3) is 8.71. The van der Waals surface area contributed by atoms with Gasteiger partial charge in [0.05, 0.1) is 18.0 Å². The van der Waals surface area contributed by atoms with Crippen LogP contribution in [0.2, 0.25) is 0 Å². The summed E-state index contributed by atoms with van der Waals surface area (Å²) in [5, 5.41) is 7.12. The van der Waals surface area contributed by atoms with Gasteiger partial charge in [0.15, 0.2) is 0 Å². The molecule has 0 bridgehead atoms. The highest BCUT2D eigenvalue weighted by molar-refractivity contribution is 7.88. The van der Waals surface area contributed by atoms with Crippen molar-refractivity contribution in [3.05, 3.63) is 35.6 Å². The Morgan fingerprint density at radius 2 is 2.03 bits per heavy atom. The van der Waals surface area contributed by atoms with Gasteiger partial charge in [-0.2, -0.15) is 13.2 Å². The van der Waals surface area contributed by atoms with Crippen molar-refractivity contribution in [1.82, 2.24) is 9.62 Å². The minimum atomic E-state index is -5.08. The Kier molecular flexibility index (Phi) is 8.42. The first-order chi connectivity index (χ1) is 14.3. The zero-order chi connectivity index (χ0) is 23.3. The highest BCUT2D eigenvalue weighted by atomic mass is 32.2. The fraction of sp³-hybridized carbons (Fsp3) is 0.632. The summed E-state index contributed by atoms with van der Waals surface area (Å²) in [5.74, 6) is -2.96. The van der Waals surface area contributed by atoms with Crippen molar-refractivity contribution in [2.24, 2.45) is 0 Å². The molecule has 1 aromatic rings. The van der Waals surface area contributed by atoms with Crippen LogP contribution in [-0.2, 0) is 26.1 Å². The van der Waals surface area contributed by atoms with Gasteiger partial charge in [-0.25, -0.2) is 22.3 Å². The maximum absolute atomic E-state index is 13.3. The molecule has 2 fully saturated rings. The molecule has 2 heterocycles. The molecular formula is C19H26F4N2O5S. The maximum Gasteiger partial charge on any atom is 0.490 e. The zero-order valence-electron chi connectivity index (χ0n) is 17.0. The molecule has 31 heavy (non-hydrogen) atoms. The van der Waals surface area contributed by atoms with Crippen LogP contribution >= 0.6 is 0 Å². The number of alkyl halides is 3. The number of halogens is 4. The quantitative estimate of drug-likeness (QED) is 0.643. The van der Waals surface area contributed by atoms with Crippen molar-refractivity contribution in [2.45, 2.75) is 50.1 Å². The van der Waals surface area contributed by atoms with Gasteiger partial charge in [-0.15, -0.1) is 0 Å². The van der Waals surface area contributed by atoms with Gasteiger partial charge in [-0.05, 0) is 43.4 Å². The van der Waals surface area contributed by atoms with E-state index in [-0.39, 0.29) is 17.5 Å². The second-order valence-corrected chi connectivity index (χ2v) is 9.66. The molecule has 1 spiro atoms. The predicted octanol–water partition coefficient (Wildman–Crippen LogP) is 2.52. The second-order valence-electron chi connectivity index (χ2n) is 7.83. The lowest BCUT2D eigenvalue weighted by Gasteiger charge is -2.38. The number of sulfonamides is 1. The Hall–Kier alpha value is -1.76. The standard InChI is InChI=1S/C17H25FN2O3S.C2HF3O2/c1-24(21,22)19-11-16-6-3-7-17(23-16)8-9-20(13-17)12-14-4-2-5-15(18)10-14;3-2(4,5)1(6)7/h2,4-5,10,16,19H,3,6-9,11-13H2,1H3;(H,6,7)/t16-,17+;/m0./s1. The fourth-order valence-electron chi connectivity index (χ4n) is 3.77. The van der Waals surface area contributed by atoms with Crippen LogP contribution in [0.15, 0.2) is 24.3 Å². The number of nitrogens with zero attached hydrogens (tertiary/aromatic N) is 1. The number of likely N-dealkylation sites (tertiary alicyclic amines) is 1. The summed E-state index contributed by atoms with van der Waals surface area (Å²) < 4.78 is 76.4. The average molecular weight is 470 g/mol. The molecule has 2 N–H and O–H groups in total. The van der Waals surface area contributed by atoms with Gasteiger partial charge in [-0.1, -0.05) is 12.1 Å².